The zero-order valence-electron chi connectivity index (χ0n) is 12.1. The molecule has 4 nitrogen and oxygen atoms in total. The summed E-state index contributed by atoms with van der Waals surface area (Å²) in [6, 6.07) is 5.78. The van der Waals surface area contributed by atoms with Gasteiger partial charge in [-0.15, -0.1) is 0 Å². The van der Waals surface area contributed by atoms with E-state index in [9.17, 15) is 4.79 Å². The Kier molecular flexibility index (Phi) is 3.26. The Hall–Kier alpha value is -1.81. The summed E-state index contributed by atoms with van der Waals surface area (Å²) in [7, 11) is 1.68. The predicted octanol–water partition coefficient (Wildman–Crippen LogP) is 2.70. The van der Waals surface area contributed by atoms with Gasteiger partial charge < -0.3 is 14.0 Å². The minimum Gasteiger partial charge on any atom is -0.489 e. The molecule has 0 aliphatic carbocycles. The molecule has 2 aromatic rings. The molecule has 0 saturated carbocycles. The molecule has 3 rings (SSSR count). The molecule has 2 heterocycles. The molecule has 1 aliphatic heterocycles. The summed E-state index contributed by atoms with van der Waals surface area (Å²) in [5, 5.41) is 0.731. The van der Waals surface area contributed by atoms with E-state index in [0.717, 1.165) is 22.2 Å². The van der Waals surface area contributed by atoms with Crippen LogP contribution in [-0.2, 0) is 4.74 Å². The number of methoxy groups -OCH3 is 1. The predicted molar refractivity (Wildman–Crippen MR) is 78.7 cm³/mol. The molecule has 1 aromatic heterocycles. The van der Waals surface area contributed by atoms with Gasteiger partial charge in [-0.1, -0.05) is 19.9 Å². The van der Waals surface area contributed by atoms with Crippen molar-refractivity contribution in [3.63, 3.8) is 0 Å². The van der Waals surface area contributed by atoms with E-state index in [1.165, 1.54) is 0 Å². The molecule has 1 atom stereocenters. The Morgan fingerprint density at radius 3 is 2.95 bits per heavy atom. The second-order valence-electron chi connectivity index (χ2n) is 5.55. The molecule has 0 saturated heterocycles. The molecule has 1 aliphatic rings. The summed E-state index contributed by atoms with van der Waals surface area (Å²) in [5.74, 6) is 0.979. The Labute approximate surface area is 117 Å². The second-order valence-corrected chi connectivity index (χ2v) is 5.55. The van der Waals surface area contributed by atoms with Crippen LogP contribution in [-0.4, -0.2) is 24.9 Å². The number of benzene rings is 1. The average molecular weight is 273 g/mol. The normalized spacial score (nSPS) is 17.5. The number of aromatic nitrogens is 1. The van der Waals surface area contributed by atoms with Crippen molar-refractivity contribution in [3.05, 3.63) is 40.2 Å². The smallest absolute Gasteiger partial charge is 0.192 e. The van der Waals surface area contributed by atoms with Crippen molar-refractivity contribution in [1.29, 1.82) is 0 Å². The van der Waals surface area contributed by atoms with Gasteiger partial charge in [-0.25, -0.2) is 0 Å². The summed E-state index contributed by atoms with van der Waals surface area (Å²) in [4.78, 5) is 12.6. The van der Waals surface area contributed by atoms with Crippen LogP contribution in [0.2, 0.25) is 0 Å². The highest BCUT2D eigenvalue weighted by Crippen LogP contribution is 2.32. The molecule has 0 bridgehead atoms. The molecule has 0 spiro atoms. The number of hydrogen-bond acceptors (Lipinski definition) is 3. The maximum absolute atomic E-state index is 12.6. The second kappa shape index (κ2) is 4.94. The number of nitrogens with zero attached hydrogens (tertiary/aromatic N) is 1. The Balaban J connectivity index is 2.35. The fourth-order valence-electron chi connectivity index (χ4n) is 2.80. The topological polar surface area (TPSA) is 40.5 Å². The molecule has 0 amide bonds. The molecule has 4 heteroatoms. The van der Waals surface area contributed by atoms with Gasteiger partial charge in [-0.2, -0.15) is 0 Å². The highest BCUT2D eigenvalue weighted by atomic mass is 16.5. The average Bonchev–Trinajstić information content (AvgIpc) is 2.44. The number of rotatable bonds is 3. The lowest BCUT2D eigenvalue weighted by molar-refractivity contribution is 0.117. The maximum Gasteiger partial charge on any atom is 0.192 e. The van der Waals surface area contributed by atoms with Crippen molar-refractivity contribution >= 4 is 10.9 Å². The number of pyridine rings is 1. The van der Waals surface area contributed by atoms with Crippen molar-refractivity contribution in [2.45, 2.75) is 25.8 Å². The van der Waals surface area contributed by atoms with Crippen molar-refractivity contribution in [3.8, 4) is 5.75 Å². The monoisotopic (exact) mass is 273 g/mol. The van der Waals surface area contributed by atoms with Gasteiger partial charge in [0.2, 0.25) is 0 Å². The number of hydrogen-bond donors (Lipinski definition) is 0. The van der Waals surface area contributed by atoms with E-state index in [0.29, 0.717) is 13.2 Å². The van der Waals surface area contributed by atoms with Crippen LogP contribution in [0, 0.1) is 0 Å². The molecule has 0 N–H and O–H groups in total. The van der Waals surface area contributed by atoms with Crippen LogP contribution in [0.25, 0.3) is 10.9 Å². The zero-order valence-corrected chi connectivity index (χ0v) is 12.1. The van der Waals surface area contributed by atoms with Gasteiger partial charge in [0.1, 0.15) is 12.4 Å². The minimum atomic E-state index is 0.106. The minimum absolute atomic E-state index is 0.106. The van der Waals surface area contributed by atoms with E-state index >= 15 is 0 Å². The lowest BCUT2D eigenvalue weighted by atomic mass is 10.0. The third-order valence-corrected chi connectivity index (χ3v) is 3.85. The van der Waals surface area contributed by atoms with Crippen molar-refractivity contribution in [2.75, 3.05) is 20.3 Å². The van der Waals surface area contributed by atoms with Crippen LogP contribution in [0.1, 0.15) is 31.4 Å². The first-order valence-corrected chi connectivity index (χ1v) is 6.93. The van der Waals surface area contributed by atoms with Crippen LogP contribution < -0.4 is 10.2 Å². The fraction of sp³-hybridized carbons (Fsp3) is 0.438. The molecular weight excluding hydrogens is 254 g/mol. The van der Waals surface area contributed by atoms with Crippen molar-refractivity contribution in [2.24, 2.45) is 0 Å². The maximum atomic E-state index is 12.6. The first-order valence-electron chi connectivity index (χ1n) is 6.93. The third-order valence-electron chi connectivity index (χ3n) is 3.85. The van der Waals surface area contributed by atoms with Gasteiger partial charge in [0, 0.05) is 24.3 Å². The first-order chi connectivity index (χ1) is 9.63. The number of ether oxygens (including phenoxy) is 2. The molecule has 1 aromatic carbocycles. The SMILES string of the molecule is COCC1COc2cccc3c(=O)c(C(C)C)cn1c23. The van der Waals surface area contributed by atoms with Gasteiger partial charge in [0.15, 0.2) is 5.43 Å². The first kappa shape index (κ1) is 13.2. The molecule has 20 heavy (non-hydrogen) atoms. The molecule has 1 unspecified atom stereocenters. The fourth-order valence-corrected chi connectivity index (χ4v) is 2.80. The van der Waals surface area contributed by atoms with Crippen LogP contribution in [0.4, 0.5) is 0 Å². The van der Waals surface area contributed by atoms with E-state index < -0.39 is 0 Å². The quantitative estimate of drug-likeness (QED) is 0.863. The summed E-state index contributed by atoms with van der Waals surface area (Å²) < 4.78 is 13.2. The standard InChI is InChI=1S/C16H19NO3/c1-10(2)13-7-17-11(8-19-3)9-20-14-6-4-5-12(15(14)17)16(13)18/h4-7,10-11H,8-9H2,1-3H3. The van der Waals surface area contributed by atoms with Crippen LogP contribution in [0.3, 0.4) is 0 Å². The zero-order chi connectivity index (χ0) is 14.3. The van der Waals surface area contributed by atoms with Gasteiger partial charge in [0.05, 0.1) is 18.2 Å². The van der Waals surface area contributed by atoms with Crippen molar-refractivity contribution in [1.82, 2.24) is 4.57 Å². The third kappa shape index (κ3) is 1.91. The number of para-hydroxylation sites is 1. The summed E-state index contributed by atoms with van der Waals surface area (Å²) in [6.07, 6.45) is 1.98. The van der Waals surface area contributed by atoms with Crippen LogP contribution in [0.15, 0.2) is 29.2 Å². The van der Waals surface area contributed by atoms with Crippen LogP contribution in [0.5, 0.6) is 5.75 Å². The van der Waals surface area contributed by atoms with E-state index in [1.807, 2.05) is 38.2 Å². The summed E-state index contributed by atoms with van der Waals surface area (Å²) in [6.45, 7) is 5.24. The summed E-state index contributed by atoms with van der Waals surface area (Å²) >= 11 is 0. The summed E-state index contributed by atoms with van der Waals surface area (Å²) in [5.41, 5.74) is 1.84. The van der Waals surface area contributed by atoms with E-state index in [2.05, 4.69) is 4.57 Å². The van der Waals surface area contributed by atoms with E-state index in [-0.39, 0.29) is 17.4 Å². The Morgan fingerprint density at radius 1 is 1.45 bits per heavy atom. The van der Waals surface area contributed by atoms with Crippen molar-refractivity contribution < 1.29 is 9.47 Å². The highest BCUT2D eigenvalue weighted by Gasteiger charge is 2.24. The lowest BCUT2D eigenvalue weighted by Crippen LogP contribution is -2.29. The molecule has 106 valence electrons. The molecule has 0 fully saturated rings. The highest BCUT2D eigenvalue weighted by molar-refractivity contribution is 5.86. The van der Waals surface area contributed by atoms with Gasteiger partial charge >= 0.3 is 0 Å². The molecular formula is C16H19NO3. The Bertz CT molecular complexity index is 703. The van der Waals surface area contributed by atoms with Gasteiger partial charge in [-0.3, -0.25) is 4.79 Å². The van der Waals surface area contributed by atoms with Crippen LogP contribution >= 0.6 is 0 Å². The van der Waals surface area contributed by atoms with E-state index in [1.54, 1.807) is 7.11 Å². The lowest BCUT2D eigenvalue weighted by Gasteiger charge is -2.29. The van der Waals surface area contributed by atoms with Gasteiger partial charge in [-0.05, 0) is 18.1 Å². The Morgan fingerprint density at radius 2 is 2.25 bits per heavy atom. The molecule has 0 radical (unpaired) electrons. The van der Waals surface area contributed by atoms with Gasteiger partial charge in [0.25, 0.3) is 0 Å². The van der Waals surface area contributed by atoms with E-state index in [4.69, 9.17) is 9.47 Å². The largest absolute Gasteiger partial charge is 0.489 e.